The second-order valence-electron chi connectivity index (χ2n) is 8.58. The number of amides is 1. The van der Waals surface area contributed by atoms with Gasteiger partial charge in [0, 0.05) is 38.3 Å². The van der Waals surface area contributed by atoms with Crippen molar-refractivity contribution in [1.82, 2.24) is 15.1 Å². The Morgan fingerprint density at radius 3 is 2.61 bits per heavy atom. The smallest absolute Gasteiger partial charge is 0.410 e. The van der Waals surface area contributed by atoms with Gasteiger partial charge in [0.2, 0.25) is 0 Å². The van der Waals surface area contributed by atoms with E-state index in [1.54, 1.807) is 4.90 Å². The van der Waals surface area contributed by atoms with Crippen LogP contribution in [0.5, 0.6) is 0 Å². The SMILES string of the molecule is CC(CNC1CC(C)N(C2CC2)C1)CN(C)C(=O)OC(C)(C)C. The van der Waals surface area contributed by atoms with E-state index in [9.17, 15) is 4.79 Å². The minimum absolute atomic E-state index is 0.237. The molecule has 0 aromatic rings. The monoisotopic (exact) mass is 325 g/mol. The third kappa shape index (κ3) is 5.96. The quantitative estimate of drug-likeness (QED) is 0.815. The van der Waals surface area contributed by atoms with Gasteiger partial charge in [-0.1, -0.05) is 6.92 Å². The molecule has 2 aliphatic rings. The zero-order chi connectivity index (χ0) is 17.2. The maximum absolute atomic E-state index is 12.0. The number of carbonyl (C=O) groups excluding carboxylic acids is 1. The number of carbonyl (C=O) groups is 1. The molecule has 0 bridgehead atoms. The van der Waals surface area contributed by atoms with Crippen LogP contribution < -0.4 is 5.32 Å². The van der Waals surface area contributed by atoms with Crippen molar-refractivity contribution in [3.63, 3.8) is 0 Å². The Labute approximate surface area is 141 Å². The summed E-state index contributed by atoms with van der Waals surface area (Å²) in [4.78, 5) is 16.3. The number of likely N-dealkylation sites (tertiary alicyclic amines) is 1. The summed E-state index contributed by atoms with van der Waals surface area (Å²) in [6, 6.07) is 2.16. The zero-order valence-corrected chi connectivity index (χ0v) is 15.8. The molecular formula is C18H35N3O2. The lowest BCUT2D eigenvalue weighted by molar-refractivity contribution is 0.0276. The Hall–Kier alpha value is -0.810. The molecule has 5 nitrogen and oxygen atoms in total. The van der Waals surface area contributed by atoms with Crippen molar-refractivity contribution >= 4 is 6.09 Å². The predicted molar refractivity (Wildman–Crippen MR) is 93.6 cm³/mol. The Morgan fingerprint density at radius 2 is 2.04 bits per heavy atom. The fraction of sp³-hybridized carbons (Fsp3) is 0.944. The summed E-state index contributed by atoms with van der Waals surface area (Å²) in [6.45, 7) is 13.1. The summed E-state index contributed by atoms with van der Waals surface area (Å²) in [5.41, 5.74) is -0.431. The second kappa shape index (κ2) is 7.39. The van der Waals surface area contributed by atoms with E-state index in [1.807, 2.05) is 27.8 Å². The molecule has 0 spiro atoms. The number of nitrogens with one attached hydrogen (secondary N) is 1. The topological polar surface area (TPSA) is 44.8 Å². The van der Waals surface area contributed by atoms with E-state index in [0.29, 0.717) is 18.0 Å². The molecule has 2 rings (SSSR count). The van der Waals surface area contributed by atoms with Crippen LogP contribution in [0.2, 0.25) is 0 Å². The first-order valence-electron chi connectivity index (χ1n) is 9.09. The fourth-order valence-corrected chi connectivity index (χ4v) is 3.43. The molecule has 1 N–H and O–H groups in total. The molecule has 0 radical (unpaired) electrons. The van der Waals surface area contributed by atoms with Crippen molar-refractivity contribution in [1.29, 1.82) is 0 Å². The van der Waals surface area contributed by atoms with Gasteiger partial charge in [-0.3, -0.25) is 4.90 Å². The summed E-state index contributed by atoms with van der Waals surface area (Å²) in [5.74, 6) is 0.415. The highest BCUT2D eigenvalue weighted by atomic mass is 16.6. The van der Waals surface area contributed by atoms with Crippen LogP contribution in [0.15, 0.2) is 0 Å². The Kier molecular flexibility index (Phi) is 5.95. The van der Waals surface area contributed by atoms with Gasteiger partial charge in [-0.25, -0.2) is 4.79 Å². The normalized spacial score (nSPS) is 27.0. The maximum Gasteiger partial charge on any atom is 0.410 e. The van der Waals surface area contributed by atoms with E-state index in [4.69, 9.17) is 4.74 Å². The average Bonchev–Trinajstić information content (AvgIpc) is 3.18. The summed E-state index contributed by atoms with van der Waals surface area (Å²) in [6.07, 6.45) is 3.77. The van der Waals surface area contributed by atoms with E-state index in [1.165, 1.54) is 25.8 Å². The van der Waals surface area contributed by atoms with Crippen molar-refractivity contribution in [2.24, 2.45) is 5.92 Å². The molecule has 1 saturated heterocycles. The molecule has 1 heterocycles. The summed E-state index contributed by atoms with van der Waals surface area (Å²) in [5, 5.41) is 3.70. The Morgan fingerprint density at radius 1 is 1.39 bits per heavy atom. The third-order valence-corrected chi connectivity index (χ3v) is 4.68. The second-order valence-corrected chi connectivity index (χ2v) is 8.58. The van der Waals surface area contributed by atoms with E-state index < -0.39 is 5.60 Å². The van der Waals surface area contributed by atoms with Crippen LogP contribution in [0.1, 0.15) is 53.9 Å². The van der Waals surface area contributed by atoms with Crippen molar-refractivity contribution in [2.75, 3.05) is 26.7 Å². The Balaban J connectivity index is 1.66. The van der Waals surface area contributed by atoms with Crippen molar-refractivity contribution in [2.45, 2.75) is 77.6 Å². The predicted octanol–water partition coefficient (Wildman–Crippen LogP) is 2.70. The van der Waals surface area contributed by atoms with Gasteiger partial charge in [0.25, 0.3) is 0 Å². The first-order valence-corrected chi connectivity index (χ1v) is 9.09. The summed E-state index contributed by atoms with van der Waals surface area (Å²) in [7, 11) is 1.82. The molecule has 1 saturated carbocycles. The van der Waals surface area contributed by atoms with Gasteiger partial charge in [0.15, 0.2) is 0 Å². The first kappa shape index (κ1) is 18.5. The highest BCUT2D eigenvalue weighted by Gasteiger charge is 2.38. The van der Waals surface area contributed by atoms with Gasteiger partial charge in [-0.05, 0) is 59.4 Å². The van der Waals surface area contributed by atoms with E-state index in [-0.39, 0.29) is 6.09 Å². The molecule has 23 heavy (non-hydrogen) atoms. The standard InChI is InChI=1S/C18H35N3O2/c1-13(11-20(6)17(22)23-18(3,4)5)10-19-15-9-14(2)21(12-15)16-7-8-16/h13-16,19H,7-12H2,1-6H3. The molecule has 1 aliphatic heterocycles. The molecule has 1 amide bonds. The lowest BCUT2D eigenvalue weighted by Gasteiger charge is -2.27. The van der Waals surface area contributed by atoms with Crippen molar-refractivity contribution in [3.8, 4) is 0 Å². The molecule has 3 atom stereocenters. The number of hydrogen-bond donors (Lipinski definition) is 1. The van der Waals surface area contributed by atoms with Crippen LogP contribution in [0.25, 0.3) is 0 Å². The third-order valence-electron chi connectivity index (χ3n) is 4.68. The lowest BCUT2D eigenvalue weighted by Crippen LogP contribution is -2.41. The molecule has 0 aromatic heterocycles. The largest absolute Gasteiger partial charge is 0.444 e. The van der Waals surface area contributed by atoms with Crippen LogP contribution in [-0.2, 0) is 4.74 Å². The van der Waals surface area contributed by atoms with Crippen molar-refractivity contribution < 1.29 is 9.53 Å². The highest BCUT2D eigenvalue weighted by Crippen LogP contribution is 2.33. The molecule has 2 fully saturated rings. The summed E-state index contributed by atoms with van der Waals surface area (Å²) < 4.78 is 5.40. The van der Waals surface area contributed by atoms with E-state index >= 15 is 0 Å². The van der Waals surface area contributed by atoms with Gasteiger partial charge in [0.05, 0.1) is 0 Å². The van der Waals surface area contributed by atoms with Gasteiger partial charge >= 0.3 is 6.09 Å². The highest BCUT2D eigenvalue weighted by molar-refractivity contribution is 5.67. The number of rotatable bonds is 6. The number of hydrogen-bond acceptors (Lipinski definition) is 4. The van der Waals surface area contributed by atoms with Crippen LogP contribution in [0, 0.1) is 5.92 Å². The van der Waals surface area contributed by atoms with Gasteiger partial charge < -0.3 is 15.0 Å². The number of ether oxygens (including phenoxy) is 1. The molecule has 3 unspecified atom stereocenters. The molecule has 0 aromatic carbocycles. The van der Waals surface area contributed by atoms with Crippen LogP contribution >= 0.6 is 0 Å². The van der Waals surface area contributed by atoms with Crippen LogP contribution in [0.3, 0.4) is 0 Å². The first-order chi connectivity index (χ1) is 10.7. The van der Waals surface area contributed by atoms with Gasteiger partial charge in [-0.15, -0.1) is 0 Å². The van der Waals surface area contributed by atoms with E-state index in [2.05, 4.69) is 24.1 Å². The minimum atomic E-state index is -0.431. The fourth-order valence-electron chi connectivity index (χ4n) is 3.43. The van der Waals surface area contributed by atoms with Crippen molar-refractivity contribution in [3.05, 3.63) is 0 Å². The molecule has 134 valence electrons. The van der Waals surface area contributed by atoms with Crippen LogP contribution in [0.4, 0.5) is 4.79 Å². The van der Waals surface area contributed by atoms with E-state index in [0.717, 1.165) is 19.1 Å². The number of nitrogens with zero attached hydrogens (tertiary/aromatic N) is 2. The van der Waals surface area contributed by atoms with Gasteiger partial charge in [0.1, 0.15) is 5.60 Å². The minimum Gasteiger partial charge on any atom is -0.444 e. The Bertz CT molecular complexity index is 404. The molecule has 1 aliphatic carbocycles. The van der Waals surface area contributed by atoms with Crippen LogP contribution in [-0.4, -0.2) is 66.3 Å². The average molecular weight is 325 g/mol. The zero-order valence-electron chi connectivity index (χ0n) is 15.8. The lowest BCUT2D eigenvalue weighted by atomic mass is 10.1. The maximum atomic E-state index is 12.0. The molecule has 5 heteroatoms. The molecular weight excluding hydrogens is 290 g/mol. The summed E-state index contributed by atoms with van der Waals surface area (Å²) >= 11 is 0. The van der Waals surface area contributed by atoms with Gasteiger partial charge in [-0.2, -0.15) is 0 Å².